The van der Waals surface area contributed by atoms with Crippen molar-refractivity contribution < 1.29 is 112 Å². The summed E-state index contributed by atoms with van der Waals surface area (Å²) in [7, 11) is -9.15. The maximum atomic E-state index is 12.8. The van der Waals surface area contributed by atoms with Gasteiger partial charge in [0, 0.05) is 98.8 Å². The summed E-state index contributed by atoms with van der Waals surface area (Å²) in [4.78, 5) is 61.3. The van der Waals surface area contributed by atoms with E-state index < -0.39 is 60.8 Å². The summed E-state index contributed by atoms with van der Waals surface area (Å²) >= 11 is 0. The molecule has 33 heteroatoms. The van der Waals surface area contributed by atoms with Crippen LogP contribution in [0.4, 0.5) is 10.5 Å². The molecule has 1 aromatic heterocycles. The third-order valence-corrected chi connectivity index (χ3v) is 18.9. The lowest BCUT2D eigenvalue weighted by molar-refractivity contribution is -0.177. The summed E-state index contributed by atoms with van der Waals surface area (Å²) < 4.78 is 149. The average molecular weight is 1550 g/mol. The van der Waals surface area contributed by atoms with Gasteiger partial charge in [0.2, 0.25) is 11.3 Å². The van der Waals surface area contributed by atoms with Crippen LogP contribution in [0.1, 0.15) is 130 Å². The van der Waals surface area contributed by atoms with Gasteiger partial charge in [0.25, 0.3) is 21.9 Å². The fourth-order valence-electron chi connectivity index (χ4n) is 12.6. The van der Waals surface area contributed by atoms with Crippen LogP contribution in [0.5, 0.6) is 11.5 Å². The van der Waals surface area contributed by atoms with E-state index in [1.807, 2.05) is 88.7 Å². The molecular formula is C74H115N7O24S2. The number of benzene rings is 2. The lowest BCUT2D eigenvalue weighted by atomic mass is 9.85. The maximum Gasteiger partial charge on any atom is 0.534 e. The van der Waals surface area contributed by atoms with E-state index >= 15 is 0 Å². The van der Waals surface area contributed by atoms with Gasteiger partial charge in [0.15, 0.2) is 5.54 Å². The monoisotopic (exact) mass is 1550 g/mol. The van der Waals surface area contributed by atoms with Crippen LogP contribution in [0.15, 0.2) is 48.8 Å². The number of aryl methyl sites for hydroxylation is 1. The van der Waals surface area contributed by atoms with E-state index in [9.17, 15) is 45.1 Å². The minimum absolute atomic E-state index is 0.000792. The molecular weight excluding hydrogens is 1430 g/mol. The molecule has 4 aliphatic rings. The number of likely N-dealkylation sites (N-methyl/N-ethyl adjacent to an activating group) is 2. The molecule has 0 radical (unpaired) electrons. The van der Waals surface area contributed by atoms with Gasteiger partial charge in [0.1, 0.15) is 36.2 Å². The third kappa shape index (κ3) is 30.8. The lowest BCUT2D eigenvalue weighted by Crippen LogP contribution is -2.50. The number of nitrogens with zero attached hydrogens (tertiary/aromatic N) is 6. The molecule has 1 fully saturated rings. The first kappa shape index (κ1) is 89.5. The Morgan fingerprint density at radius 2 is 1.13 bits per heavy atom. The van der Waals surface area contributed by atoms with Crippen LogP contribution in [0.2, 0.25) is 0 Å². The van der Waals surface area contributed by atoms with Gasteiger partial charge < -0.3 is 85.8 Å². The molecule has 0 aliphatic carbocycles. The van der Waals surface area contributed by atoms with Gasteiger partial charge in [-0.25, -0.2) is 22.8 Å². The van der Waals surface area contributed by atoms with Gasteiger partial charge in [-0.05, 0) is 95.9 Å². The molecule has 107 heavy (non-hydrogen) atoms. The average Bonchev–Trinajstić information content (AvgIpc) is 1.34. The number of hydrogen-bond donors (Lipinski definition) is 2. The highest BCUT2D eigenvalue weighted by Crippen LogP contribution is 2.47. The number of carbonyl (C=O) groups excluding carboxylic acids is 4. The molecule has 3 aromatic rings. The van der Waals surface area contributed by atoms with Crippen molar-refractivity contribution in [2.24, 2.45) is 0 Å². The molecule has 0 atom stereocenters. The highest BCUT2D eigenvalue weighted by Gasteiger charge is 2.39. The first-order valence-corrected chi connectivity index (χ1v) is 40.4. The van der Waals surface area contributed by atoms with E-state index in [1.165, 1.54) is 26.1 Å². The van der Waals surface area contributed by atoms with E-state index in [-0.39, 0.29) is 38.6 Å². The number of hydroxylamine groups is 2. The zero-order chi connectivity index (χ0) is 77.7. The van der Waals surface area contributed by atoms with Crippen LogP contribution in [0.25, 0.3) is 16.7 Å². The standard InChI is InChI=1S/C67H98N6O24S2.C7H17N/c1-7-71-56-44-58-54(42-52(56)50(46-66(71,3)4)48-98(78,79)80)63(55-43-53-51(49-99(81,82)83)47-67(5,6)72(8-2)57(53)45-59(55)96-58)64-69-15-18-70(64)17-11-9-10-12-60(74)68-16-19-84-20-21-85-22-23-86-24-25-87-26-27-88-28-29-89-30-31-90-32-33-91-34-35-92-36-37-93-38-39-94-40-41-95-65(77)97-73-61(75)13-14-62(73)76;1-4-7-8(5-2)6-3/h15,18,42-47H,7-14,16-17,19-41,48-49H2,1-6H3,(H2-,68,74,78,79,80,81,82,83);4-7H2,1-3H3. The number of unbranched alkanes of at least 4 members (excludes halogenated alkanes) is 2. The third-order valence-electron chi connectivity index (χ3n) is 17.6. The molecule has 0 unspecified atom stereocenters. The van der Waals surface area contributed by atoms with Crippen molar-refractivity contribution in [3.63, 3.8) is 0 Å². The van der Waals surface area contributed by atoms with Crippen molar-refractivity contribution in [3.05, 3.63) is 81.9 Å². The highest BCUT2D eigenvalue weighted by atomic mass is 32.2. The lowest BCUT2D eigenvalue weighted by Gasteiger charge is -2.43. The number of hydrogen-bond acceptors (Lipinski definition) is 26. The number of carbonyl (C=O) groups is 4. The minimum Gasteiger partial charge on any atom is -0.748 e. The summed E-state index contributed by atoms with van der Waals surface area (Å²) in [6.45, 7) is 32.5. The smallest absolute Gasteiger partial charge is 0.534 e. The molecule has 0 saturated carbocycles. The van der Waals surface area contributed by atoms with Gasteiger partial charge in [-0.3, -0.25) is 23.8 Å². The molecule has 5 heterocycles. The van der Waals surface area contributed by atoms with Crippen molar-refractivity contribution in [1.82, 2.24) is 29.4 Å². The Labute approximate surface area is 630 Å². The minimum atomic E-state index is -4.70. The quantitative estimate of drug-likeness (QED) is 0.0189. The summed E-state index contributed by atoms with van der Waals surface area (Å²) in [5, 5.41) is 4.66. The number of anilines is 1. The first-order valence-electron chi connectivity index (χ1n) is 37.2. The number of aromatic nitrogens is 2. The second kappa shape index (κ2) is 47.0. The molecule has 0 bridgehead atoms. The Bertz CT molecular complexity index is 3700. The molecule has 7 rings (SSSR count). The summed E-state index contributed by atoms with van der Waals surface area (Å²) in [6.07, 6.45) is 9.78. The van der Waals surface area contributed by atoms with E-state index in [0.717, 1.165) is 11.8 Å². The summed E-state index contributed by atoms with van der Waals surface area (Å²) in [5.41, 5.74) is 2.63. The highest BCUT2D eigenvalue weighted by molar-refractivity contribution is 7.86. The Hall–Kier alpha value is -6.38. The number of amides is 3. The predicted octanol–water partition coefficient (Wildman–Crippen LogP) is 5.17. The molecule has 4 aliphatic heterocycles. The Morgan fingerprint density at radius 3 is 1.60 bits per heavy atom. The summed E-state index contributed by atoms with van der Waals surface area (Å²) in [5.74, 6) is -1.03. The van der Waals surface area contributed by atoms with Crippen molar-refractivity contribution in [2.75, 3.05) is 208 Å². The largest absolute Gasteiger partial charge is 0.748 e. The second-order valence-electron chi connectivity index (χ2n) is 26.4. The Kier molecular flexibility index (Phi) is 39.3. The van der Waals surface area contributed by atoms with E-state index in [4.69, 9.17) is 66.6 Å². The van der Waals surface area contributed by atoms with Crippen molar-refractivity contribution >= 4 is 66.5 Å². The maximum absolute atomic E-state index is 12.8. The molecule has 2 N–H and O–H groups in total. The fourth-order valence-corrected chi connectivity index (χ4v) is 13.9. The number of imide groups is 1. The molecule has 0 spiro atoms. The van der Waals surface area contributed by atoms with Crippen LogP contribution >= 0.6 is 0 Å². The van der Waals surface area contributed by atoms with Gasteiger partial charge in [-0.2, -0.15) is 8.42 Å². The van der Waals surface area contributed by atoms with Crippen LogP contribution in [-0.4, -0.2) is 283 Å². The number of fused-ring (bicyclic) bond motifs is 4. The zero-order valence-electron chi connectivity index (χ0n) is 64.0. The van der Waals surface area contributed by atoms with Gasteiger partial charge in [-0.1, -0.05) is 38.3 Å². The molecule has 3 amide bonds. The van der Waals surface area contributed by atoms with Crippen LogP contribution < -0.4 is 30.1 Å². The number of nitrogens with one attached hydrogen (secondary N) is 1. The van der Waals surface area contributed by atoms with Crippen LogP contribution in [0, 0.1) is 0 Å². The number of rotatable bonds is 54. The first-order chi connectivity index (χ1) is 51.3. The van der Waals surface area contributed by atoms with Crippen LogP contribution in [0.3, 0.4) is 0 Å². The molecule has 1 saturated heterocycles. The van der Waals surface area contributed by atoms with Crippen LogP contribution in [-0.2, 0) is 103 Å². The molecule has 2 aromatic carbocycles. The van der Waals surface area contributed by atoms with Crippen molar-refractivity contribution in [1.29, 1.82) is 0 Å². The zero-order valence-corrected chi connectivity index (χ0v) is 65.7. The fraction of sp³-hybridized carbons (Fsp3) is 0.676. The van der Waals surface area contributed by atoms with Gasteiger partial charge in [-0.15, -0.1) is 0 Å². The topological polar surface area (TPSA) is 352 Å². The Morgan fingerprint density at radius 1 is 0.626 bits per heavy atom. The Balaban J connectivity index is 0.00000211. The van der Waals surface area contributed by atoms with Crippen molar-refractivity contribution in [2.45, 2.75) is 125 Å². The molecule has 31 nitrogen and oxygen atoms in total. The van der Waals surface area contributed by atoms with Gasteiger partial charge in [0.05, 0.1) is 178 Å². The van der Waals surface area contributed by atoms with Crippen molar-refractivity contribution in [3.8, 4) is 11.5 Å². The SMILES string of the molecule is CCCN(CC)CC.CCN1c2cc3c(cc2C(CS(=O)(=O)[O-])=CC1(C)C)C(c1nccn1CCCCCC(=O)NCCOCCOCCOCCOCCOCCOCCOCCOCCOCCOCCOCCOC(=O)ON1C(=O)CCC1=O)=c1cc2c(cc1O3)=[N+](CC)C(C)(C)C=C2CS(=O)(=O)O. The van der Waals surface area contributed by atoms with E-state index in [2.05, 4.69) is 45.3 Å². The van der Waals surface area contributed by atoms with Gasteiger partial charge >= 0.3 is 6.16 Å². The predicted molar refractivity (Wildman–Crippen MR) is 398 cm³/mol. The summed E-state index contributed by atoms with van der Waals surface area (Å²) in [6, 6.07) is 7.53. The normalized spacial score (nSPS) is 15.1. The second-order valence-corrected chi connectivity index (χ2v) is 29.3. The van der Waals surface area contributed by atoms with E-state index in [0.29, 0.717) is 244 Å². The van der Waals surface area contributed by atoms with E-state index in [1.54, 1.807) is 6.20 Å². The number of ether oxygens (including phenoxy) is 13. The number of imidazole rings is 1. The molecule has 602 valence electrons.